The van der Waals surface area contributed by atoms with Gasteiger partial charge in [-0.3, -0.25) is 5.32 Å². The Balaban J connectivity index is 1.57. The number of terminal acetylenes is 1. The van der Waals surface area contributed by atoms with Gasteiger partial charge in [-0.15, -0.1) is 22.5 Å². The van der Waals surface area contributed by atoms with Gasteiger partial charge >= 0.3 is 6.09 Å². The molecule has 0 bridgehead atoms. The summed E-state index contributed by atoms with van der Waals surface area (Å²) in [6, 6.07) is 14.7. The first-order valence-electron chi connectivity index (χ1n) is 9.03. The fraction of sp³-hybridized carbons (Fsp3) is 0.200. The predicted molar refractivity (Wildman–Crippen MR) is 108 cm³/mol. The number of hydrogen-bond acceptors (Lipinski definition) is 8. The second-order valence-electron chi connectivity index (χ2n) is 5.92. The normalized spacial score (nSPS) is 11.6. The molecule has 0 aliphatic carbocycles. The Bertz CT molecular complexity index is 1000. The Morgan fingerprint density at radius 1 is 1.27 bits per heavy atom. The monoisotopic (exact) mass is 405 g/mol. The van der Waals surface area contributed by atoms with Crippen LogP contribution in [0.2, 0.25) is 0 Å². The molecule has 2 N–H and O–H groups in total. The molecule has 2 heterocycles. The molecule has 10 nitrogen and oxygen atoms in total. The highest BCUT2D eigenvalue weighted by molar-refractivity contribution is 5.83. The highest BCUT2D eigenvalue weighted by atomic mass is 16.6. The number of aromatic nitrogens is 5. The smallest absolute Gasteiger partial charge is 0.412 e. The fourth-order valence-electron chi connectivity index (χ4n) is 2.44. The maximum Gasteiger partial charge on any atom is 0.412 e. The molecule has 2 aromatic heterocycles. The molecule has 0 saturated heterocycles. The van der Waals surface area contributed by atoms with Gasteiger partial charge in [-0.2, -0.15) is 5.21 Å². The Labute approximate surface area is 172 Å². The summed E-state index contributed by atoms with van der Waals surface area (Å²) in [6.07, 6.45) is 6.42. The van der Waals surface area contributed by atoms with E-state index in [1.54, 1.807) is 24.4 Å². The van der Waals surface area contributed by atoms with Crippen molar-refractivity contribution in [1.29, 1.82) is 0 Å². The molecule has 1 unspecified atom stereocenters. The first kappa shape index (κ1) is 20.5. The lowest BCUT2D eigenvalue weighted by atomic mass is 10.00. The standard InChI is InChI=1S/C20H19N7O3/c1-2-3-12-29-20(28)23-18-11-7-10-16(22-18)14-30-21-13-17(19-24-26-27-25-19)15-8-5-4-6-9-15/h1,4-11,13,17H,3,12,14H2,(H,22,23,28)(H,24,25,26,27). The molecule has 1 atom stereocenters. The van der Waals surface area contributed by atoms with Gasteiger partial charge in [0.05, 0.1) is 17.8 Å². The predicted octanol–water partition coefficient (Wildman–Crippen LogP) is 2.50. The topological polar surface area (TPSA) is 127 Å². The van der Waals surface area contributed by atoms with Crippen molar-refractivity contribution in [3.8, 4) is 12.3 Å². The maximum atomic E-state index is 11.7. The molecule has 1 aromatic carbocycles. The molecular formula is C20H19N7O3. The number of tetrazole rings is 1. The minimum absolute atomic E-state index is 0.103. The first-order chi connectivity index (χ1) is 14.8. The zero-order valence-corrected chi connectivity index (χ0v) is 15.9. The zero-order chi connectivity index (χ0) is 21.0. The summed E-state index contributed by atoms with van der Waals surface area (Å²) in [5.41, 5.74) is 1.52. The molecule has 0 fully saturated rings. The number of carbonyl (C=O) groups is 1. The van der Waals surface area contributed by atoms with Crippen LogP contribution >= 0.6 is 0 Å². The fourth-order valence-corrected chi connectivity index (χ4v) is 2.44. The van der Waals surface area contributed by atoms with Crippen molar-refractivity contribution in [3.05, 3.63) is 65.6 Å². The highest BCUT2D eigenvalue weighted by Gasteiger charge is 2.16. The lowest BCUT2D eigenvalue weighted by Crippen LogP contribution is -2.15. The second kappa shape index (κ2) is 10.9. The largest absolute Gasteiger partial charge is 0.448 e. The lowest BCUT2D eigenvalue weighted by Gasteiger charge is -2.08. The van der Waals surface area contributed by atoms with Crippen molar-refractivity contribution < 1.29 is 14.4 Å². The summed E-state index contributed by atoms with van der Waals surface area (Å²) >= 11 is 0. The van der Waals surface area contributed by atoms with Gasteiger partial charge in [0, 0.05) is 6.42 Å². The zero-order valence-electron chi connectivity index (χ0n) is 15.9. The summed E-state index contributed by atoms with van der Waals surface area (Å²) in [5.74, 6) is 2.88. The number of aromatic amines is 1. The molecule has 0 saturated carbocycles. The molecule has 1 amide bonds. The van der Waals surface area contributed by atoms with Gasteiger partial charge in [-0.25, -0.2) is 9.78 Å². The van der Waals surface area contributed by atoms with E-state index in [1.807, 2.05) is 30.3 Å². The van der Waals surface area contributed by atoms with Gasteiger partial charge in [-0.1, -0.05) is 46.8 Å². The molecule has 30 heavy (non-hydrogen) atoms. The number of amides is 1. The maximum absolute atomic E-state index is 11.7. The third-order valence-corrected chi connectivity index (χ3v) is 3.81. The average molecular weight is 405 g/mol. The summed E-state index contributed by atoms with van der Waals surface area (Å²) in [4.78, 5) is 21.3. The van der Waals surface area contributed by atoms with Gasteiger partial charge in [0.15, 0.2) is 12.4 Å². The molecule has 152 valence electrons. The van der Waals surface area contributed by atoms with Crippen LogP contribution < -0.4 is 5.32 Å². The molecule has 10 heteroatoms. The van der Waals surface area contributed by atoms with Crippen molar-refractivity contribution in [2.45, 2.75) is 18.9 Å². The number of ether oxygens (including phenoxy) is 1. The Morgan fingerprint density at radius 3 is 2.90 bits per heavy atom. The summed E-state index contributed by atoms with van der Waals surface area (Å²) in [5, 5.41) is 20.6. The minimum atomic E-state index is -0.625. The summed E-state index contributed by atoms with van der Waals surface area (Å²) in [7, 11) is 0. The van der Waals surface area contributed by atoms with Gasteiger partial charge in [-0.05, 0) is 17.7 Å². The summed E-state index contributed by atoms with van der Waals surface area (Å²) in [6.45, 7) is 0.245. The number of benzene rings is 1. The van der Waals surface area contributed by atoms with Crippen molar-refractivity contribution in [1.82, 2.24) is 25.6 Å². The van der Waals surface area contributed by atoms with Crippen LogP contribution in [0.4, 0.5) is 10.6 Å². The number of rotatable bonds is 9. The molecule has 3 aromatic rings. The first-order valence-corrected chi connectivity index (χ1v) is 9.03. The van der Waals surface area contributed by atoms with E-state index in [-0.39, 0.29) is 19.1 Å². The van der Waals surface area contributed by atoms with Gasteiger partial charge in [0.2, 0.25) is 0 Å². The molecular weight excluding hydrogens is 386 g/mol. The average Bonchev–Trinajstić information content (AvgIpc) is 3.29. The number of nitrogens with zero attached hydrogens (tertiary/aromatic N) is 5. The number of anilines is 1. The van der Waals surface area contributed by atoms with E-state index in [2.05, 4.69) is 42.0 Å². The SMILES string of the molecule is C#CCCOC(=O)Nc1cccc(CON=CC(c2ccccc2)c2nn[nH]n2)n1. The number of hydrogen-bond donors (Lipinski definition) is 2. The van der Waals surface area contributed by atoms with Crippen LogP contribution in [-0.2, 0) is 16.2 Å². The van der Waals surface area contributed by atoms with Crippen LogP contribution in [0.1, 0.15) is 29.4 Å². The van der Waals surface area contributed by atoms with E-state index in [0.29, 0.717) is 23.8 Å². The third-order valence-electron chi connectivity index (χ3n) is 3.81. The van der Waals surface area contributed by atoms with Gasteiger partial charge in [0.25, 0.3) is 0 Å². The Hall–Kier alpha value is -4.26. The molecule has 0 aliphatic rings. The number of oxime groups is 1. The van der Waals surface area contributed by atoms with Crippen molar-refractivity contribution >= 4 is 18.1 Å². The van der Waals surface area contributed by atoms with Crippen LogP contribution in [0.15, 0.2) is 53.7 Å². The van der Waals surface area contributed by atoms with Crippen molar-refractivity contribution in [3.63, 3.8) is 0 Å². The van der Waals surface area contributed by atoms with E-state index < -0.39 is 6.09 Å². The third kappa shape index (κ3) is 6.13. The van der Waals surface area contributed by atoms with Crippen LogP contribution in [-0.4, -0.2) is 44.5 Å². The molecule has 0 aliphatic heterocycles. The van der Waals surface area contributed by atoms with E-state index in [1.165, 1.54) is 0 Å². The number of pyridine rings is 1. The van der Waals surface area contributed by atoms with Crippen LogP contribution in [0.3, 0.4) is 0 Å². The number of carbonyl (C=O) groups excluding carboxylic acids is 1. The Kier molecular flexibility index (Phi) is 7.45. The molecule has 3 rings (SSSR count). The van der Waals surface area contributed by atoms with Gasteiger partial charge < -0.3 is 9.57 Å². The van der Waals surface area contributed by atoms with Crippen molar-refractivity contribution in [2.24, 2.45) is 5.16 Å². The van der Waals surface area contributed by atoms with Crippen LogP contribution in [0, 0.1) is 12.3 Å². The van der Waals surface area contributed by atoms with Crippen molar-refractivity contribution in [2.75, 3.05) is 11.9 Å². The lowest BCUT2D eigenvalue weighted by molar-refractivity contribution is 0.128. The minimum Gasteiger partial charge on any atom is -0.448 e. The quantitative estimate of drug-likeness (QED) is 0.242. The summed E-state index contributed by atoms with van der Waals surface area (Å²) < 4.78 is 4.92. The van der Waals surface area contributed by atoms with Crippen LogP contribution in [0.25, 0.3) is 0 Å². The Morgan fingerprint density at radius 2 is 2.13 bits per heavy atom. The highest BCUT2D eigenvalue weighted by Crippen LogP contribution is 2.18. The molecule has 0 spiro atoms. The van der Waals surface area contributed by atoms with E-state index >= 15 is 0 Å². The number of nitrogens with one attached hydrogen (secondary N) is 2. The van der Waals surface area contributed by atoms with E-state index in [4.69, 9.17) is 16.0 Å². The van der Waals surface area contributed by atoms with Crippen LogP contribution in [0.5, 0.6) is 0 Å². The van der Waals surface area contributed by atoms with Gasteiger partial charge in [0.1, 0.15) is 12.4 Å². The second-order valence-corrected chi connectivity index (χ2v) is 5.92. The van der Waals surface area contributed by atoms with E-state index in [0.717, 1.165) is 5.56 Å². The molecule has 0 radical (unpaired) electrons. The number of H-pyrrole nitrogens is 1. The van der Waals surface area contributed by atoms with E-state index in [9.17, 15) is 4.79 Å².